The van der Waals surface area contributed by atoms with Gasteiger partial charge < -0.3 is 4.74 Å². The number of benzene rings is 2. The SMILES string of the molecule is O=C1OCn2c1c(N=C(Cl)Cc1ccc(Cl)cc1)c1ccc(Cl)cc12. The fraction of sp³-hybridized carbons (Fsp3) is 0.111. The molecule has 0 fully saturated rings. The molecule has 7 heteroatoms. The van der Waals surface area contributed by atoms with Crippen molar-refractivity contribution in [3.05, 3.63) is 63.8 Å². The summed E-state index contributed by atoms with van der Waals surface area (Å²) in [4.78, 5) is 16.6. The summed E-state index contributed by atoms with van der Waals surface area (Å²) >= 11 is 18.3. The zero-order valence-corrected chi connectivity index (χ0v) is 15.1. The molecule has 0 bridgehead atoms. The standard InChI is InChI=1S/C18H11Cl3N2O2/c19-11-3-1-10(2-4-11)7-15(21)22-16-13-6-5-12(20)8-14(13)23-9-25-18(24)17(16)23/h1-6,8H,7,9H2. The zero-order chi connectivity index (χ0) is 17.6. The molecule has 0 atom stereocenters. The molecule has 4 nitrogen and oxygen atoms in total. The lowest BCUT2D eigenvalue weighted by molar-refractivity contribution is 0.0499. The van der Waals surface area contributed by atoms with E-state index in [9.17, 15) is 4.79 Å². The Hall–Kier alpha value is -2.01. The number of esters is 1. The van der Waals surface area contributed by atoms with Crippen LogP contribution in [-0.2, 0) is 17.9 Å². The van der Waals surface area contributed by atoms with Crippen LogP contribution >= 0.6 is 34.8 Å². The van der Waals surface area contributed by atoms with E-state index >= 15 is 0 Å². The first-order valence-electron chi connectivity index (χ1n) is 7.49. The first kappa shape index (κ1) is 16.5. The normalized spacial score (nSPS) is 14.0. The van der Waals surface area contributed by atoms with Gasteiger partial charge in [-0.2, -0.15) is 0 Å². The maximum Gasteiger partial charge on any atom is 0.359 e. The van der Waals surface area contributed by atoms with E-state index in [4.69, 9.17) is 39.5 Å². The quantitative estimate of drug-likeness (QED) is 0.430. The molecule has 4 rings (SSSR count). The van der Waals surface area contributed by atoms with E-state index in [1.54, 1.807) is 28.8 Å². The average Bonchev–Trinajstić information content (AvgIpc) is 3.09. The second-order valence-corrected chi connectivity index (χ2v) is 6.95. The van der Waals surface area contributed by atoms with Crippen LogP contribution in [0.25, 0.3) is 10.9 Å². The van der Waals surface area contributed by atoms with Gasteiger partial charge in [0, 0.05) is 21.9 Å². The number of aromatic nitrogens is 1. The van der Waals surface area contributed by atoms with E-state index in [2.05, 4.69) is 4.99 Å². The Bertz CT molecular complexity index is 1020. The van der Waals surface area contributed by atoms with E-state index in [1.807, 2.05) is 18.2 Å². The first-order valence-corrected chi connectivity index (χ1v) is 8.62. The van der Waals surface area contributed by atoms with Crippen molar-refractivity contribution in [2.45, 2.75) is 13.2 Å². The van der Waals surface area contributed by atoms with Gasteiger partial charge in [-0.25, -0.2) is 9.79 Å². The number of ether oxygens (including phenoxy) is 1. The smallest absolute Gasteiger partial charge is 0.359 e. The molecule has 0 amide bonds. The van der Waals surface area contributed by atoms with Crippen LogP contribution in [0.4, 0.5) is 5.69 Å². The Morgan fingerprint density at radius 2 is 1.84 bits per heavy atom. The Balaban J connectivity index is 1.79. The van der Waals surface area contributed by atoms with E-state index in [-0.39, 0.29) is 6.73 Å². The molecule has 25 heavy (non-hydrogen) atoms. The van der Waals surface area contributed by atoms with Crippen LogP contribution in [0.15, 0.2) is 47.5 Å². The van der Waals surface area contributed by atoms with Gasteiger partial charge in [0.25, 0.3) is 0 Å². The molecule has 2 aromatic carbocycles. The van der Waals surface area contributed by atoms with Gasteiger partial charge in [-0.05, 0) is 35.9 Å². The van der Waals surface area contributed by atoms with E-state index in [0.717, 1.165) is 16.5 Å². The minimum atomic E-state index is -0.415. The Labute approximate surface area is 158 Å². The zero-order valence-electron chi connectivity index (χ0n) is 12.8. The van der Waals surface area contributed by atoms with E-state index in [0.29, 0.717) is 33.0 Å². The van der Waals surface area contributed by atoms with Gasteiger partial charge in [-0.3, -0.25) is 4.57 Å². The summed E-state index contributed by atoms with van der Waals surface area (Å²) in [5.41, 5.74) is 2.67. The van der Waals surface area contributed by atoms with Crippen LogP contribution in [0.5, 0.6) is 0 Å². The molecule has 0 N–H and O–H groups in total. The second kappa shape index (κ2) is 6.37. The third kappa shape index (κ3) is 3.01. The summed E-state index contributed by atoms with van der Waals surface area (Å²) in [5, 5.41) is 2.42. The molecule has 3 aromatic rings. The molecule has 1 aromatic heterocycles. The van der Waals surface area contributed by atoms with Crippen molar-refractivity contribution >= 4 is 62.5 Å². The summed E-state index contributed by atoms with van der Waals surface area (Å²) < 4.78 is 6.88. The monoisotopic (exact) mass is 392 g/mol. The van der Waals surface area contributed by atoms with Gasteiger partial charge >= 0.3 is 5.97 Å². The summed E-state index contributed by atoms with van der Waals surface area (Å²) in [6.07, 6.45) is 0.438. The number of nitrogens with zero attached hydrogens (tertiary/aromatic N) is 2. The van der Waals surface area contributed by atoms with Gasteiger partial charge in [-0.1, -0.05) is 46.9 Å². The molecule has 0 saturated carbocycles. The van der Waals surface area contributed by atoms with Crippen LogP contribution in [-0.4, -0.2) is 15.7 Å². The number of carbonyl (C=O) groups excluding carboxylic acids is 1. The molecule has 1 aliphatic heterocycles. The maximum absolute atomic E-state index is 12.1. The van der Waals surface area contributed by atoms with Crippen molar-refractivity contribution in [3.8, 4) is 0 Å². The molecule has 0 saturated heterocycles. The fourth-order valence-electron chi connectivity index (χ4n) is 2.88. The van der Waals surface area contributed by atoms with Crippen LogP contribution in [0, 0.1) is 0 Å². The Kier molecular flexibility index (Phi) is 4.20. The topological polar surface area (TPSA) is 43.6 Å². The van der Waals surface area contributed by atoms with Gasteiger partial charge in [0.1, 0.15) is 10.9 Å². The third-order valence-electron chi connectivity index (χ3n) is 4.01. The third-order valence-corrected chi connectivity index (χ3v) is 4.72. The fourth-order valence-corrected chi connectivity index (χ4v) is 3.41. The lowest BCUT2D eigenvalue weighted by atomic mass is 10.1. The molecular formula is C18H11Cl3N2O2. The van der Waals surface area contributed by atoms with Gasteiger partial charge in [0.2, 0.25) is 0 Å². The predicted octanol–water partition coefficient (Wildman–Crippen LogP) is 5.59. The predicted molar refractivity (Wildman–Crippen MR) is 100 cm³/mol. The number of fused-ring (bicyclic) bond motifs is 3. The van der Waals surface area contributed by atoms with Crippen LogP contribution < -0.4 is 0 Å². The van der Waals surface area contributed by atoms with Gasteiger partial charge in [-0.15, -0.1) is 0 Å². The minimum Gasteiger partial charge on any atom is -0.439 e. The van der Waals surface area contributed by atoms with Gasteiger partial charge in [0.15, 0.2) is 12.4 Å². The summed E-state index contributed by atoms with van der Waals surface area (Å²) in [6.45, 7) is 0.148. The Morgan fingerprint density at radius 3 is 2.60 bits per heavy atom. The summed E-state index contributed by atoms with van der Waals surface area (Å²) in [6, 6.07) is 12.7. The summed E-state index contributed by atoms with van der Waals surface area (Å²) in [5.74, 6) is -0.415. The van der Waals surface area contributed by atoms with E-state index in [1.165, 1.54) is 0 Å². The number of carbonyl (C=O) groups is 1. The van der Waals surface area contributed by atoms with Crippen molar-refractivity contribution < 1.29 is 9.53 Å². The van der Waals surface area contributed by atoms with Crippen molar-refractivity contribution in [3.63, 3.8) is 0 Å². The number of rotatable bonds is 3. The van der Waals surface area contributed by atoms with Crippen molar-refractivity contribution in [1.29, 1.82) is 0 Å². The molecule has 2 heterocycles. The largest absolute Gasteiger partial charge is 0.439 e. The Morgan fingerprint density at radius 1 is 1.12 bits per heavy atom. The number of cyclic esters (lactones) is 1. The number of hydrogen-bond donors (Lipinski definition) is 0. The van der Waals surface area contributed by atoms with Crippen molar-refractivity contribution in [2.24, 2.45) is 4.99 Å². The minimum absolute atomic E-state index is 0.148. The molecule has 0 unspecified atom stereocenters. The highest BCUT2D eigenvalue weighted by atomic mass is 35.5. The van der Waals surface area contributed by atoms with Crippen LogP contribution in [0.3, 0.4) is 0 Å². The average molecular weight is 394 g/mol. The number of halogens is 3. The van der Waals surface area contributed by atoms with E-state index < -0.39 is 5.97 Å². The molecule has 126 valence electrons. The van der Waals surface area contributed by atoms with Crippen LogP contribution in [0.2, 0.25) is 10.0 Å². The summed E-state index contributed by atoms with van der Waals surface area (Å²) in [7, 11) is 0. The number of hydrogen-bond acceptors (Lipinski definition) is 3. The van der Waals surface area contributed by atoms with Crippen LogP contribution in [0.1, 0.15) is 16.1 Å². The number of aliphatic imine (C=N–C) groups is 1. The van der Waals surface area contributed by atoms with Gasteiger partial charge in [0.05, 0.1) is 5.52 Å². The lowest BCUT2D eigenvalue weighted by Gasteiger charge is -2.01. The van der Waals surface area contributed by atoms with Crippen molar-refractivity contribution in [2.75, 3.05) is 0 Å². The second-order valence-electron chi connectivity index (χ2n) is 5.64. The molecule has 0 radical (unpaired) electrons. The highest BCUT2D eigenvalue weighted by Gasteiger charge is 2.29. The molecule has 1 aliphatic rings. The molecule has 0 spiro atoms. The lowest BCUT2D eigenvalue weighted by Crippen LogP contribution is -1.97. The van der Waals surface area contributed by atoms with Crippen molar-refractivity contribution in [1.82, 2.24) is 4.57 Å². The molecular weight excluding hydrogens is 383 g/mol. The highest BCUT2D eigenvalue weighted by Crippen LogP contribution is 2.38. The molecule has 0 aliphatic carbocycles. The maximum atomic E-state index is 12.1. The highest BCUT2D eigenvalue weighted by molar-refractivity contribution is 6.66. The first-order chi connectivity index (χ1) is 12.0.